The minimum absolute atomic E-state index is 0.100. The molecule has 0 aliphatic carbocycles. The van der Waals surface area contributed by atoms with E-state index in [1.807, 2.05) is 36.1 Å². The number of esters is 1. The summed E-state index contributed by atoms with van der Waals surface area (Å²) in [6.07, 6.45) is 3.62. The number of thiazole rings is 1. The molecule has 1 aromatic carbocycles. The van der Waals surface area contributed by atoms with Gasteiger partial charge in [0.05, 0.1) is 42.7 Å². The summed E-state index contributed by atoms with van der Waals surface area (Å²) in [5.74, 6) is -0.348. The van der Waals surface area contributed by atoms with Gasteiger partial charge in [0.15, 0.2) is 5.65 Å². The van der Waals surface area contributed by atoms with Crippen LogP contribution in [0.3, 0.4) is 0 Å². The number of nitrogens with zero attached hydrogens (tertiary/aromatic N) is 6. The van der Waals surface area contributed by atoms with Crippen molar-refractivity contribution in [3.05, 3.63) is 51.5 Å². The zero-order chi connectivity index (χ0) is 26.3. The van der Waals surface area contributed by atoms with Crippen molar-refractivity contribution in [3.63, 3.8) is 0 Å². The molecule has 0 radical (unpaired) electrons. The molecule has 0 saturated heterocycles. The predicted molar refractivity (Wildman–Crippen MR) is 147 cm³/mol. The maximum Gasteiger partial charge on any atom is 0.312 e. The molecule has 12 heteroatoms. The number of benzene rings is 1. The number of ether oxygens (including phenoxy) is 2. The summed E-state index contributed by atoms with van der Waals surface area (Å²) in [5, 5.41) is 11.3. The molecule has 4 aromatic heterocycles. The molecule has 37 heavy (non-hydrogen) atoms. The van der Waals surface area contributed by atoms with E-state index in [1.54, 1.807) is 10.8 Å². The molecule has 5 aromatic rings. The maximum absolute atomic E-state index is 13.5. The molecular weight excluding hydrogens is 508 g/mol. The van der Waals surface area contributed by atoms with Gasteiger partial charge in [-0.2, -0.15) is 10.2 Å². The first-order valence-electron chi connectivity index (χ1n) is 12.1. The second kappa shape index (κ2) is 9.84. The van der Waals surface area contributed by atoms with Crippen molar-refractivity contribution < 1.29 is 14.3 Å². The summed E-state index contributed by atoms with van der Waals surface area (Å²) < 4.78 is 16.6. The Bertz CT molecular complexity index is 1680. The molecule has 5 rings (SSSR count). The van der Waals surface area contributed by atoms with Crippen molar-refractivity contribution in [3.8, 4) is 0 Å². The molecule has 10 nitrogen and oxygen atoms in total. The largest absolute Gasteiger partial charge is 0.469 e. The minimum Gasteiger partial charge on any atom is -0.469 e. The van der Waals surface area contributed by atoms with Gasteiger partial charge in [0.25, 0.3) is 5.56 Å². The first-order valence-corrected chi connectivity index (χ1v) is 16.6. The van der Waals surface area contributed by atoms with Gasteiger partial charge in [0, 0.05) is 32.5 Å². The van der Waals surface area contributed by atoms with Crippen molar-refractivity contribution >= 4 is 57.5 Å². The average molecular weight is 539 g/mol. The Labute approximate surface area is 218 Å². The third-order valence-corrected chi connectivity index (χ3v) is 9.18. The van der Waals surface area contributed by atoms with Crippen LogP contribution in [0.4, 0.5) is 0 Å². The van der Waals surface area contributed by atoms with E-state index in [4.69, 9.17) is 9.47 Å². The lowest BCUT2D eigenvalue weighted by Crippen LogP contribution is -2.24. The number of aromatic nitrogens is 6. The smallest absolute Gasteiger partial charge is 0.312 e. The summed E-state index contributed by atoms with van der Waals surface area (Å²) in [6, 6.07) is 7.07. The summed E-state index contributed by atoms with van der Waals surface area (Å²) in [6.45, 7) is 8.43. The van der Waals surface area contributed by atoms with Gasteiger partial charge in [-0.1, -0.05) is 31.8 Å². The van der Waals surface area contributed by atoms with Crippen LogP contribution in [0.5, 0.6) is 0 Å². The molecule has 0 amide bonds. The van der Waals surface area contributed by atoms with E-state index < -0.39 is 8.07 Å². The Morgan fingerprint density at radius 2 is 1.86 bits per heavy atom. The number of rotatable bonds is 9. The van der Waals surface area contributed by atoms with Crippen LogP contribution in [0, 0.1) is 0 Å². The van der Waals surface area contributed by atoms with E-state index in [0.29, 0.717) is 29.4 Å². The molecule has 0 aliphatic heterocycles. The number of carbonyl (C=O) groups is 1. The predicted octanol–water partition coefficient (Wildman–Crippen LogP) is 3.77. The van der Waals surface area contributed by atoms with Gasteiger partial charge in [-0.3, -0.25) is 9.59 Å². The van der Waals surface area contributed by atoms with Crippen LogP contribution in [0.1, 0.15) is 10.6 Å². The van der Waals surface area contributed by atoms with Crippen LogP contribution in [-0.2, 0) is 41.0 Å². The molecule has 0 saturated carbocycles. The van der Waals surface area contributed by atoms with Gasteiger partial charge < -0.3 is 14.0 Å². The number of fused-ring (bicyclic) bond motifs is 4. The Morgan fingerprint density at radius 1 is 1.11 bits per heavy atom. The van der Waals surface area contributed by atoms with E-state index in [-0.39, 0.29) is 17.9 Å². The van der Waals surface area contributed by atoms with Crippen molar-refractivity contribution in [1.82, 2.24) is 29.1 Å². The topological polar surface area (TPSA) is 106 Å². The number of methoxy groups -OCH3 is 1. The van der Waals surface area contributed by atoms with Gasteiger partial charge >= 0.3 is 5.97 Å². The Kier molecular flexibility index (Phi) is 6.73. The van der Waals surface area contributed by atoms with Crippen LogP contribution < -0.4 is 5.56 Å². The van der Waals surface area contributed by atoms with Crippen LogP contribution in [0.15, 0.2) is 35.4 Å². The van der Waals surface area contributed by atoms with Crippen LogP contribution in [0.25, 0.3) is 32.2 Å². The third kappa shape index (κ3) is 4.96. The zero-order valence-electron chi connectivity index (χ0n) is 21.6. The Morgan fingerprint density at radius 3 is 2.62 bits per heavy atom. The highest BCUT2D eigenvalue weighted by Gasteiger charge is 2.20. The van der Waals surface area contributed by atoms with Crippen LogP contribution in [0.2, 0.25) is 25.7 Å². The molecule has 0 atom stereocenters. The highest BCUT2D eigenvalue weighted by molar-refractivity contribution is 7.19. The van der Waals surface area contributed by atoms with Crippen molar-refractivity contribution in [2.24, 2.45) is 7.05 Å². The second-order valence-electron chi connectivity index (χ2n) is 10.3. The average Bonchev–Trinajstić information content (AvgIpc) is 3.52. The number of aryl methyl sites for hydroxylation is 1. The Balaban J connectivity index is 1.42. The fraction of sp³-hybridized carbons (Fsp3) is 0.400. The van der Waals surface area contributed by atoms with Crippen molar-refractivity contribution in [2.45, 2.75) is 45.4 Å². The molecule has 0 spiro atoms. The van der Waals surface area contributed by atoms with Gasteiger partial charge in [-0.15, -0.1) is 11.3 Å². The van der Waals surface area contributed by atoms with Crippen LogP contribution >= 0.6 is 11.3 Å². The third-order valence-electron chi connectivity index (χ3n) is 6.40. The molecule has 0 aliphatic rings. The van der Waals surface area contributed by atoms with E-state index in [0.717, 1.165) is 39.2 Å². The second-order valence-corrected chi connectivity index (χ2v) is 17.0. The van der Waals surface area contributed by atoms with E-state index >= 15 is 0 Å². The first kappa shape index (κ1) is 25.3. The summed E-state index contributed by atoms with van der Waals surface area (Å²) in [7, 11) is 2.01. The fourth-order valence-corrected chi connectivity index (χ4v) is 6.16. The van der Waals surface area contributed by atoms with Crippen molar-refractivity contribution in [2.75, 3.05) is 13.7 Å². The van der Waals surface area contributed by atoms with Crippen LogP contribution in [-0.4, -0.2) is 56.9 Å². The fourth-order valence-electron chi connectivity index (χ4n) is 4.31. The van der Waals surface area contributed by atoms with Gasteiger partial charge in [-0.05, 0) is 17.7 Å². The lowest BCUT2D eigenvalue weighted by atomic mass is 10.1. The number of hydrogen-bond acceptors (Lipinski definition) is 8. The molecular formula is C25H30N6O4SSi. The number of hydrogen-bond donors (Lipinski definition) is 0. The first-order chi connectivity index (χ1) is 17.7. The SMILES string of the molecule is COC(=O)Cc1nc2c(s1)c1cnn(Cc3cccc4c3cnn4COCC[Si](C)(C)C)c(=O)c1n2C. The normalized spacial score (nSPS) is 12.2. The minimum atomic E-state index is -1.15. The van der Waals surface area contributed by atoms with Gasteiger partial charge in [-0.25, -0.2) is 14.3 Å². The highest BCUT2D eigenvalue weighted by atomic mass is 32.1. The number of carbonyl (C=O) groups excluding carboxylic acids is 1. The quantitative estimate of drug-likeness (QED) is 0.160. The standard InChI is InChI=1S/C25H30N6O4SSi/c1-29-22-18(23-24(29)28-20(36-23)11-21(32)34-2)13-26-30(25(22)33)14-16-7-6-8-19-17(16)12-27-31(19)15-35-9-10-37(3,4)5/h6-8,12-13H,9-11,14-15H2,1-5H3. The molecule has 0 N–H and O–H groups in total. The highest BCUT2D eigenvalue weighted by Crippen LogP contribution is 2.31. The molecule has 0 bridgehead atoms. The maximum atomic E-state index is 13.5. The lowest BCUT2D eigenvalue weighted by molar-refractivity contribution is -0.139. The molecule has 0 fully saturated rings. The summed E-state index contributed by atoms with van der Waals surface area (Å²) >= 11 is 1.38. The zero-order valence-corrected chi connectivity index (χ0v) is 23.5. The molecule has 0 unspecified atom stereocenters. The van der Waals surface area contributed by atoms with E-state index in [9.17, 15) is 9.59 Å². The van der Waals surface area contributed by atoms with Gasteiger partial charge in [0.1, 0.15) is 17.3 Å². The summed E-state index contributed by atoms with van der Waals surface area (Å²) in [5.41, 5.74) is 2.91. The molecule has 194 valence electrons. The summed E-state index contributed by atoms with van der Waals surface area (Å²) in [4.78, 5) is 29.7. The Hall–Kier alpha value is -3.35. The van der Waals surface area contributed by atoms with Crippen molar-refractivity contribution in [1.29, 1.82) is 0 Å². The van der Waals surface area contributed by atoms with Gasteiger partial charge in [0.2, 0.25) is 0 Å². The molecule has 4 heterocycles. The van der Waals surface area contributed by atoms with E-state index in [2.05, 4.69) is 34.8 Å². The van der Waals surface area contributed by atoms with E-state index in [1.165, 1.54) is 23.1 Å². The monoisotopic (exact) mass is 538 g/mol. The lowest BCUT2D eigenvalue weighted by Gasteiger charge is -2.15.